The number of benzene rings is 1. The fourth-order valence-electron chi connectivity index (χ4n) is 3.55. The molecule has 0 saturated carbocycles. The summed E-state index contributed by atoms with van der Waals surface area (Å²) in [5.41, 5.74) is 1.67. The van der Waals surface area contributed by atoms with E-state index in [4.69, 9.17) is 21.3 Å². The third kappa shape index (κ3) is 5.11. The number of aliphatic imine (C=N–C) groups is 1. The molecule has 0 aliphatic carbocycles. The summed E-state index contributed by atoms with van der Waals surface area (Å²) in [7, 11) is 0. The van der Waals surface area contributed by atoms with E-state index in [0.29, 0.717) is 28.5 Å². The minimum absolute atomic E-state index is 0.213. The second kappa shape index (κ2) is 10.1. The van der Waals surface area contributed by atoms with Crippen molar-refractivity contribution in [3.05, 3.63) is 62.5 Å². The molecule has 4 rings (SSSR count). The summed E-state index contributed by atoms with van der Waals surface area (Å²) >= 11 is 9.76. The van der Waals surface area contributed by atoms with Crippen LogP contribution in [0.4, 0.5) is 4.39 Å². The highest BCUT2D eigenvalue weighted by Crippen LogP contribution is 2.37. The third-order valence-electron chi connectivity index (χ3n) is 5.00. The van der Waals surface area contributed by atoms with E-state index in [1.54, 1.807) is 19.2 Å². The summed E-state index contributed by atoms with van der Waals surface area (Å²) in [6, 6.07) is 3.42. The van der Waals surface area contributed by atoms with Crippen molar-refractivity contribution < 1.29 is 13.9 Å². The van der Waals surface area contributed by atoms with Gasteiger partial charge in [-0.05, 0) is 19.1 Å². The van der Waals surface area contributed by atoms with E-state index in [9.17, 15) is 9.18 Å². The van der Waals surface area contributed by atoms with Gasteiger partial charge in [-0.2, -0.15) is 11.8 Å². The maximum atomic E-state index is 13.7. The number of nitrogens with zero attached hydrogens (tertiary/aromatic N) is 3. The molecule has 0 radical (unpaired) electrons. The van der Waals surface area contributed by atoms with E-state index in [2.05, 4.69) is 15.2 Å². The predicted octanol–water partition coefficient (Wildman–Crippen LogP) is 3.89. The maximum absolute atomic E-state index is 13.7. The Labute approximate surface area is 193 Å². The van der Waals surface area contributed by atoms with Gasteiger partial charge in [0, 0.05) is 59.0 Å². The fraction of sp³-hybridized carbons (Fsp3) is 0.381. The van der Waals surface area contributed by atoms with E-state index in [1.807, 2.05) is 17.1 Å². The van der Waals surface area contributed by atoms with E-state index in [-0.39, 0.29) is 11.6 Å². The zero-order chi connectivity index (χ0) is 21.8. The fourth-order valence-corrected chi connectivity index (χ4v) is 5.39. The Balaban J connectivity index is 1.81. The van der Waals surface area contributed by atoms with Crippen molar-refractivity contribution in [2.45, 2.75) is 13.0 Å². The number of amidine groups is 1. The summed E-state index contributed by atoms with van der Waals surface area (Å²) in [5.74, 6) is 1.75. The number of hydrogen-bond acceptors (Lipinski definition) is 8. The topological polar surface area (TPSA) is 66.8 Å². The van der Waals surface area contributed by atoms with Crippen molar-refractivity contribution in [2.24, 2.45) is 4.99 Å². The highest BCUT2D eigenvalue weighted by atomic mass is 35.5. The minimum atomic E-state index is -0.721. The van der Waals surface area contributed by atoms with Crippen molar-refractivity contribution in [1.29, 1.82) is 0 Å². The zero-order valence-electron chi connectivity index (χ0n) is 16.9. The van der Waals surface area contributed by atoms with Crippen molar-refractivity contribution in [3.8, 4) is 0 Å². The number of carbonyl (C=O) groups is 1. The number of hydrogen-bond donors (Lipinski definition) is 1. The standard InChI is InChI=1S/C21H22ClFN4O2S2/c1-2-29-21(28)17-16(12-27-6-9-30-10-7-27)25-19(20-24-5-8-31-20)26-18(17)14-4-3-13(23)11-15(14)22/h3-5,8,11,18H,2,6-7,9-10,12H2,1H3,(H,25,26). The van der Waals surface area contributed by atoms with Crippen LogP contribution >= 0.6 is 34.7 Å². The van der Waals surface area contributed by atoms with Gasteiger partial charge in [0.05, 0.1) is 12.2 Å². The first-order valence-electron chi connectivity index (χ1n) is 9.96. The van der Waals surface area contributed by atoms with Gasteiger partial charge in [-0.1, -0.05) is 17.7 Å². The molecule has 1 fully saturated rings. The molecular weight excluding hydrogens is 459 g/mol. The monoisotopic (exact) mass is 480 g/mol. The lowest BCUT2D eigenvalue weighted by atomic mass is 9.95. The lowest BCUT2D eigenvalue weighted by Crippen LogP contribution is -2.42. The number of thiazole rings is 1. The molecule has 6 nitrogen and oxygen atoms in total. The Morgan fingerprint density at radius 2 is 2.19 bits per heavy atom. The largest absolute Gasteiger partial charge is 0.463 e. The van der Waals surface area contributed by atoms with Gasteiger partial charge >= 0.3 is 5.97 Å². The van der Waals surface area contributed by atoms with E-state index in [0.717, 1.165) is 30.3 Å². The van der Waals surface area contributed by atoms with Crippen molar-refractivity contribution >= 4 is 46.5 Å². The number of ether oxygens (including phenoxy) is 1. The Kier molecular flexibility index (Phi) is 7.27. The van der Waals surface area contributed by atoms with Crippen LogP contribution in [0, 0.1) is 5.82 Å². The van der Waals surface area contributed by atoms with Gasteiger partial charge < -0.3 is 10.1 Å². The van der Waals surface area contributed by atoms with Gasteiger partial charge in [0.15, 0.2) is 10.8 Å². The van der Waals surface area contributed by atoms with Crippen LogP contribution in [-0.2, 0) is 9.53 Å². The van der Waals surface area contributed by atoms with Crippen molar-refractivity contribution in [2.75, 3.05) is 37.7 Å². The van der Waals surface area contributed by atoms with E-state index < -0.39 is 17.8 Å². The summed E-state index contributed by atoms with van der Waals surface area (Å²) < 4.78 is 19.1. The average Bonchev–Trinajstić information content (AvgIpc) is 3.29. The van der Waals surface area contributed by atoms with E-state index in [1.165, 1.54) is 23.5 Å². The molecule has 1 aromatic carbocycles. The van der Waals surface area contributed by atoms with Crippen LogP contribution in [0.1, 0.15) is 23.5 Å². The summed E-state index contributed by atoms with van der Waals surface area (Å²) in [6.45, 7) is 4.41. The zero-order valence-corrected chi connectivity index (χ0v) is 19.3. The molecule has 10 heteroatoms. The Bertz CT molecular complexity index is 1010. The van der Waals surface area contributed by atoms with Crippen molar-refractivity contribution in [1.82, 2.24) is 15.2 Å². The lowest BCUT2D eigenvalue weighted by molar-refractivity contribution is -0.139. The van der Waals surface area contributed by atoms with Gasteiger partial charge in [0.1, 0.15) is 11.9 Å². The first-order chi connectivity index (χ1) is 15.1. The Morgan fingerprint density at radius 1 is 1.39 bits per heavy atom. The second-order valence-electron chi connectivity index (χ2n) is 7.01. The molecule has 1 N–H and O–H groups in total. The quantitative estimate of drug-likeness (QED) is 0.633. The molecule has 1 atom stereocenters. The molecule has 2 aromatic rings. The minimum Gasteiger partial charge on any atom is -0.463 e. The smallest absolute Gasteiger partial charge is 0.338 e. The molecule has 1 unspecified atom stereocenters. The van der Waals surface area contributed by atoms with Gasteiger partial charge in [0.25, 0.3) is 0 Å². The van der Waals surface area contributed by atoms with Crippen LogP contribution in [0.3, 0.4) is 0 Å². The van der Waals surface area contributed by atoms with Crippen LogP contribution in [0.15, 0.2) is 46.0 Å². The summed E-state index contributed by atoms with van der Waals surface area (Å²) in [5, 5.41) is 6.12. The van der Waals surface area contributed by atoms with E-state index >= 15 is 0 Å². The van der Waals surface area contributed by atoms with Crippen LogP contribution in [0.25, 0.3) is 0 Å². The molecule has 2 aliphatic rings. The molecule has 1 aromatic heterocycles. The molecular formula is C21H22ClFN4O2S2. The maximum Gasteiger partial charge on any atom is 0.338 e. The molecule has 3 heterocycles. The summed E-state index contributed by atoms with van der Waals surface area (Å²) in [6.07, 6.45) is 1.70. The SMILES string of the molecule is CCOC(=O)C1=C(CN2CCSCC2)NC(c2nccs2)=NC1c1ccc(F)cc1Cl. The number of aromatic nitrogens is 1. The normalized spacial score (nSPS) is 19.7. The van der Waals surface area contributed by atoms with Gasteiger partial charge in [-0.15, -0.1) is 11.3 Å². The highest BCUT2D eigenvalue weighted by molar-refractivity contribution is 7.99. The number of halogens is 2. The number of carbonyl (C=O) groups excluding carboxylic acids is 1. The number of rotatable bonds is 6. The lowest BCUT2D eigenvalue weighted by Gasteiger charge is -2.32. The number of thioether (sulfide) groups is 1. The number of esters is 1. The first kappa shape index (κ1) is 22.3. The molecule has 2 aliphatic heterocycles. The molecule has 164 valence electrons. The van der Waals surface area contributed by atoms with Crippen LogP contribution < -0.4 is 5.32 Å². The first-order valence-corrected chi connectivity index (χ1v) is 12.4. The molecule has 0 spiro atoms. The molecule has 1 saturated heterocycles. The Morgan fingerprint density at radius 3 is 2.87 bits per heavy atom. The highest BCUT2D eigenvalue weighted by Gasteiger charge is 2.34. The predicted molar refractivity (Wildman–Crippen MR) is 123 cm³/mol. The number of nitrogens with one attached hydrogen (secondary N) is 1. The van der Waals surface area contributed by atoms with Crippen LogP contribution in [0.5, 0.6) is 0 Å². The van der Waals surface area contributed by atoms with Crippen LogP contribution in [0.2, 0.25) is 5.02 Å². The third-order valence-corrected chi connectivity index (χ3v) is 7.05. The van der Waals surface area contributed by atoms with Gasteiger partial charge in [-0.25, -0.2) is 14.2 Å². The summed E-state index contributed by atoms with van der Waals surface area (Å²) in [4.78, 5) is 24.5. The van der Waals surface area contributed by atoms with Gasteiger partial charge in [-0.3, -0.25) is 9.89 Å². The van der Waals surface area contributed by atoms with Crippen molar-refractivity contribution in [3.63, 3.8) is 0 Å². The molecule has 0 bridgehead atoms. The average molecular weight is 481 g/mol. The van der Waals surface area contributed by atoms with Gasteiger partial charge in [0.2, 0.25) is 0 Å². The van der Waals surface area contributed by atoms with Crippen LogP contribution in [-0.4, -0.2) is 59.4 Å². The molecule has 31 heavy (non-hydrogen) atoms. The Hall–Kier alpha value is -1.94. The second-order valence-corrected chi connectivity index (χ2v) is 9.54. The molecule has 0 amide bonds.